The lowest BCUT2D eigenvalue weighted by Gasteiger charge is -2.15. The van der Waals surface area contributed by atoms with E-state index in [9.17, 15) is 44.0 Å². The summed E-state index contributed by atoms with van der Waals surface area (Å²) in [6, 6.07) is 11.5. The summed E-state index contributed by atoms with van der Waals surface area (Å²) in [5, 5.41) is 18.2. The number of hydrogen-bond donors (Lipinski definition) is 1. The Morgan fingerprint density at radius 1 is 0.629 bits per heavy atom. The van der Waals surface area contributed by atoms with Crippen LogP contribution in [-0.2, 0) is 30.4 Å². The molecule has 0 saturated heterocycles. The summed E-state index contributed by atoms with van der Waals surface area (Å²) in [7, 11) is -15.0. The molecule has 35 heavy (non-hydrogen) atoms. The predicted octanol–water partition coefficient (Wildman–Crippen LogP) is 2.83. The number of aromatic hydroxyl groups is 1. The topological polar surface area (TPSA) is 217 Å². The second-order valence-corrected chi connectivity index (χ2v) is 11.2. The predicted molar refractivity (Wildman–Crippen MR) is 118 cm³/mol. The summed E-state index contributed by atoms with van der Waals surface area (Å²) in [5.74, 6) is -1.07. The molecule has 0 amide bonds. The first-order valence-electron chi connectivity index (χ1n) is 9.29. The number of nitrogens with zero attached hydrogens (tertiary/aromatic N) is 2. The lowest BCUT2D eigenvalue weighted by Crippen LogP contribution is -2.01. The highest BCUT2D eigenvalue weighted by Crippen LogP contribution is 2.42. The lowest BCUT2D eigenvalue weighted by atomic mass is 10.1. The number of benzene rings is 4. The van der Waals surface area contributed by atoms with Gasteiger partial charge >= 0.3 is 0 Å². The molecule has 0 saturated carbocycles. The van der Waals surface area contributed by atoms with Gasteiger partial charge in [0.2, 0.25) is 0 Å². The Kier molecular flexibility index (Phi) is 5.87. The number of fused-ring (bicyclic) bond motifs is 2. The third-order valence-electron chi connectivity index (χ3n) is 4.97. The van der Waals surface area contributed by atoms with Gasteiger partial charge in [0.15, 0.2) is 5.75 Å². The van der Waals surface area contributed by atoms with Gasteiger partial charge in [-0.25, -0.2) is 25.3 Å². The molecular formula is C20H11N2O10S3-3. The quantitative estimate of drug-likeness (QED) is 0.291. The van der Waals surface area contributed by atoms with Crippen LogP contribution in [-0.4, -0.2) is 44.0 Å². The van der Waals surface area contributed by atoms with E-state index < -0.39 is 56.5 Å². The highest BCUT2D eigenvalue weighted by Gasteiger charge is 2.19. The van der Waals surface area contributed by atoms with Crippen LogP contribution >= 0.6 is 0 Å². The van der Waals surface area contributed by atoms with Gasteiger partial charge in [0.25, 0.3) is 0 Å². The molecule has 0 aliphatic carbocycles. The molecule has 15 heteroatoms. The molecule has 0 aliphatic rings. The molecule has 0 atom stereocenters. The van der Waals surface area contributed by atoms with Crippen LogP contribution in [0.25, 0.3) is 21.5 Å². The molecule has 0 spiro atoms. The summed E-state index contributed by atoms with van der Waals surface area (Å²) < 4.78 is 104. The molecule has 182 valence electrons. The highest BCUT2D eigenvalue weighted by molar-refractivity contribution is 7.86. The largest absolute Gasteiger partial charge is 0.744 e. The number of phenolic OH excluding ortho intramolecular Hbond substituents is 1. The third kappa shape index (κ3) is 4.72. The lowest BCUT2D eigenvalue weighted by molar-refractivity contribution is 0.436. The average Bonchev–Trinajstić information content (AvgIpc) is 2.75. The Morgan fingerprint density at radius 2 is 1.26 bits per heavy atom. The van der Waals surface area contributed by atoms with Crippen LogP contribution in [0.15, 0.2) is 85.6 Å². The standard InChI is InChI=1S/C20H14N2O10S3/c23-20-18(35(30,31)32)10-11-9-12(33(24,25)26)5-6-13(11)19(20)22-21-16-7-8-17(34(27,28)29)15-4-2-1-3-14(15)16/h1-10,23H,(H,24,25,26)(H,27,28,29)(H,30,31,32)/p-3. The van der Waals surface area contributed by atoms with E-state index in [0.717, 1.165) is 30.3 Å². The maximum atomic E-state index is 11.7. The van der Waals surface area contributed by atoms with Gasteiger partial charge in [-0.3, -0.25) is 0 Å². The average molecular weight is 536 g/mol. The SMILES string of the molecule is O=S(=O)([O-])c1ccc2c(N=Nc3ccc(S(=O)(=O)[O-])c4ccccc34)c(O)c(S(=O)(=O)[O-])cc2c1. The molecule has 0 unspecified atom stereocenters. The Hall–Kier alpha value is -3.47. The summed E-state index contributed by atoms with van der Waals surface area (Å²) >= 11 is 0. The van der Waals surface area contributed by atoms with E-state index in [4.69, 9.17) is 0 Å². The molecule has 0 bridgehead atoms. The number of hydrogen-bond acceptors (Lipinski definition) is 12. The van der Waals surface area contributed by atoms with Gasteiger partial charge in [0, 0.05) is 16.2 Å². The maximum absolute atomic E-state index is 11.7. The fourth-order valence-corrected chi connectivity index (χ4v) is 5.23. The second-order valence-electron chi connectivity index (χ2n) is 7.15. The van der Waals surface area contributed by atoms with Crippen molar-refractivity contribution in [3.8, 4) is 5.75 Å². The van der Waals surface area contributed by atoms with E-state index in [0.29, 0.717) is 6.07 Å². The fraction of sp³-hybridized carbons (Fsp3) is 0. The zero-order valence-corrected chi connectivity index (χ0v) is 19.5. The van der Waals surface area contributed by atoms with Crippen molar-refractivity contribution in [1.29, 1.82) is 0 Å². The number of phenols is 1. The van der Waals surface area contributed by atoms with Gasteiger partial charge in [0.05, 0.1) is 20.4 Å². The molecular weight excluding hydrogens is 524 g/mol. The molecule has 4 rings (SSSR count). The van der Waals surface area contributed by atoms with E-state index in [-0.39, 0.29) is 27.2 Å². The van der Waals surface area contributed by atoms with Crippen LogP contribution in [0.5, 0.6) is 5.75 Å². The van der Waals surface area contributed by atoms with Crippen LogP contribution in [0.3, 0.4) is 0 Å². The van der Waals surface area contributed by atoms with Crippen molar-refractivity contribution in [3.63, 3.8) is 0 Å². The maximum Gasteiger partial charge on any atom is 0.161 e. The molecule has 4 aromatic rings. The van der Waals surface area contributed by atoms with Gasteiger partial charge in [-0.05, 0) is 35.7 Å². The second kappa shape index (κ2) is 8.33. The summed E-state index contributed by atoms with van der Waals surface area (Å²) in [4.78, 5) is -2.35. The fourth-order valence-electron chi connectivity index (χ4n) is 3.44. The van der Waals surface area contributed by atoms with Crippen molar-refractivity contribution in [2.45, 2.75) is 14.7 Å². The van der Waals surface area contributed by atoms with E-state index in [2.05, 4.69) is 10.2 Å². The van der Waals surface area contributed by atoms with Crippen molar-refractivity contribution in [2.24, 2.45) is 10.2 Å². The highest BCUT2D eigenvalue weighted by atomic mass is 32.2. The molecule has 1 N–H and O–H groups in total. The van der Waals surface area contributed by atoms with Crippen LogP contribution < -0.4 is 0 Å². The molecule has 12 nitrogen and oxygen atoms in total. The summed E-state index contributed by atoms with van der Waals surface area (Å²) in [6.45, 7) is 0. The van der Waals surface area contributed by atoms with E-state index in [1.807, 2.05) is 0 Å². The van der Waals surface area contributed by atoms with Crippen molar-refractivity contribution in [3.05, 3.63) is 60.7 Å². The smallest absolute Gasteiger partial charge is 0.161 e. The molecule has 0 fully saturated rings. The van der Waals surface area contributed by atoms with Gasteiger partial charge in [-0.2, -0.15) is 0 Å². The minimum absolute atomic E-state index is 0.0229. The zero-order chi connectivity index (χ0) is 25.8. The first-order chi connectivity index (χ1) is 16.2. The van der Waals surface area contributed by atoms with Crippen LogP contribution in [0, 0.1) is 0 Å². The minimum atomic E-state index is -5.27. The van der Waals surface area contributed by atoms with Crippen LogP contribution in [0.4, 0.5) is 11.4 Å². The summed E-state index contributed by atoms with van der Waals surface area (Å²) in [5.41, 5.74) is -0.508. The minimum Gasteiger partial charge on any atom is -0.744 e. The molecule has 0 aliphatic heterocycles. The Balaban J connectivity index is 2.00. The molecule has 0 aromatic heterocycles. The van der Waals surface area contributed by atoms with Crippen molar-refractivity contribution < 1.29 is 44.0 Å². The van der Waals surface area contributed by atoms with Crippen molar-refractivity contribution in [1.82, 2.24) is 0 Å². The van der Waals surface area contributed by atoms with E-state index in [1.54, 1.807) is 0 Å². The Morgan fingerprint density at radius 3 is 1.86 bits per heavy atom. The van der Waals surface area contributed by atoms with Gasteiger partial charge < -0.3 is 18.8 Å². The van der Waals surface area contributed by atoms with Crippen molar-refractivity contribution in [2.75, 3.05) is 0 Å². The first kappa shape index (κ1) is 24.6. The van der Waals surface area contributed by atoms with Crippen LogP contribution in [0.2, 0.25) is 0 Å². The molecule has 0 radical (unpaired) electrons. The van der Waals surface area contributed by atoms with Gasteiger partial charge in [-0.1, -0.05) is 30.3 Å². The third-order valence-corrected chi connectivity index (χ3v) is 7.54. The monoisotopic (exact) mass is 535 g/mol. The molecule has 4 aromatic carbocycles. The van der Waals surface area contributed by atoms with Crippen molar-refractivity contribution >= 4 is 63.3 Å². The zero-order valence-electron chi connectivity index (χ0n) is 17.0. The first-order valence-corrected chi connectivity index (χ1v) is 13.5. The Bertz CT molecular complexity index is 1880. The van der Waals surface area contributed by atoms with Gasteiger partial charge in [-0.15, -0.1) is 10.2 Å². The van der Waals surface area contributed by atoms with Crippen LogP contribution in [0.1, 0.15) is 0 Å². The van der Waals surface area contributed by atoms with E-state index >= 15 is 0 Å². The summed E-state index contributed by atoms with van der Waals surface area (Å²) in [6.07, 6.45) is 0. The van der Waals surface area contributed by atoms with Gasteiger partial charge in [0.1, 0.15) is 36.0 Å². The molecule has 0 heterocycles. The Labute approximate surface area is 198 Å². The normalized spacial score (nSPS) is 13.1. The number of azo groups is 1. The number of rotatable bonds is 5. The van der Waals surface area contributed by atoms with E-state index in [1.165, 1.54) is 24.3 Å².